The van der Waals surface area contributed by atoms with Crippen LogP contribution in [0, 0.1) is 0 Å². The van der Waals surface area contributed by atoms with Gasteiger partial charge in [-0.3, -0.25) is 0 Å². The van der Waals surface area contributed by atoms with Crippen LogP contribution in [0.5, 0.6) is 0 Å². The Balaban J connectivity index is 1.91. The quantitative estimate of drug-likeness (QED) is 0.889. The van der Waals surface area contributed by atoms with Gasteiger partial charge in [-0.2, -0.15) is 0 Å². The van der Waals surface area contributed by atoms with E-state index in [9.17, 15) is 9.90 Å². The van der Waals surface area contributed by atoms with Crippen molar-refractivity contribution in [3.8, 4) is 0 Å². The molecule has 0 spiro atoms. The summed E-state index contributed by atoms with van der Waals surface area (Å²) in [5, 5.41) is 13.1. The van der Waals surface area contributed by atoms with Gasteiger partial charge in [0, 0.05) is 22.2 Å². The number of benzene rings is 1. The van der Waals surface area contributed by atoms with Crippen LogP contribution < -0.4 is 5.32 Å². The molecule has 2 bridgehead atoms. The first-order valence-electron chi connectivity index (χ1n) is 7.00. The van der Waals surface area contributed by atoms with Crippen LogP contribution in [0.2, 0.25) is 0 Å². The molecule has 2 unspecified atom stereocenters. The first-order chi connectivity index (χ1) is 9.52. The van der Waals surface area contributed by atoms with Crippen molar-refractivity contribution in [3.63, 3.8) is 0 Å². The Morgan fingerprint density at radius 2 is 1.95 bits per heavy atom. The Morgan fingerprint density at radius 3 is 2.50 bits per heavy atom. The van der Waals surface area contributed by atoms with E-state index in [-0.39, 0.29) is 0 Å². The molecule has 20 heavy (non-hydrogen) atoms. The van der Waals surface area contributed by atoms with Crippen molar-refractivity contribution < 1.29 is 9.90 Å². The van der Waals surface area contributed by atoms with E-state index in [0.717, 1.165) is 23.0 Å². The van der Waals surface area contributed by atoms with Crippen molar-refractivity contribution in [3.05, 3.63) is 28.7 Å². The summed E-state index contributed by atoms with van der Waals surface area (Å²) >= 11 is 3.49. The lowest BCUT2D eigenvalue weighted by Crippen LogP contribution is -2.57. The summed E-state index contributed by atoms with van der Waals surface area (Å²) < 4.78 is 0.909. The second kappa shape index (κ2) is 5.04. The molecule has 2 fully saturated rings. The van der Waals surface area contributed by atoms with Crippen LogP contribution in [0.3, 0.4) is 0 Å². The maximum Gasteiger partial charge on any atom is 0.329 e. The maximum absolute atomic E-state index is 11.9. The predicted molar refractivity (Wildman–Crippen MR) is 81.9 cm³/mol. The smallest absolute Gasteiger partial charge is 0.329 e. The first kappa shape index (κ1) is 13.9. The van der Waals surface area contributed by atoms with Crippen molar-refractivity contribution >= 4 is 27.6 Å². The number of carboxylic acid groups (broad SMARTS) is 1. The molecule has 2 saturated heterocycles. The molecule has 1 aromatic carbocycles. The average molecular weight is 339 g/mol. The molecule has 2 aliphatic heterocycles. The van der Waals surface area contributed by atoms with Gasteiger partial charge in [-0.1, -0.05) is 12.1 Å². The maximum atomic E-state index is 11.9. The highest BCUT2D eigenvalue weighted by atomic mass is 79.9. The Kier molecular flexibility index (Phi) is 3.50. The molecule has 3 rings (SSSR count). The Hall–Kier alpha value is -1.07. The Morgan fingerprint density at radius 1 is 1.35 bits per heavy atom. The van der Waals surface area contributed by atoms with E-state index >= 15 is 0 Å². The summed E-state index contributed by atoms with van der Waals surface area (Å²) in [5.41, 5.74) is 0.0150. The van der Waals surface area contributed by atoms with Crippen molar-refractivity contribution in [2.24, 2.45) is 0 Å². The van der Waals surface area contributed by atoms with Gasteiger partial charge in [-0.15, -0.1) is 0 Å². The normalized spacial score (nSPS) is 33.1. The standard InChI is InChI=1S/C15H19BrN2O2/c1-18-10-6-7-11(18)9-15(8-10,14(19)20)17-13-5-3-2-4-12(13)16/h2-5,10-11,17H,6-9H2,1H3,(H,19,20). The molecule has 5 heteroatoms. The highest BCUT2D eigenvalue weighted by Crippen LogP contribution is 2.42. The molecule has 0 radical (unpaired) electrons. The Bertz CT molecular complexity index is 520. The highest BCUT2D eigenvalue weighted by Gasteiger charge is 2.51. The number of para-hydroxylation sites is 1. The van der Waals surface area contributed by atoms with E-state index in [0.29, 0.717) is 24.9 Å². The van der Waals surface area contributed by atoms with Crippen LogP contribution >= 0.6 is 15.9 Å². The van der Waals surface area contributed by atoms with Crippen LogP contribution in [0.4, 0.5) is 5.69 Å². The number of piperidine rings is 1. The zero-order chi connectivity index (χ0) is 14.3. The second-order valence-corrected chi connectivity index (χ2v) is 6.81. The zero-order valence-corrected chi connectivity index (χ0v) is 13.1. The zero-order valence-electron chi connectivity index (χ0n) is 11.5. The summed E-state index contributed by atoms with van der Waals surface area (Å²) in [6.45, 7) is 0. The third-order valence-corrected chi connectivity index (χ3v) is 5.50. The molecule has 0 saturated carbocycles. The number of fused-ring (bicyclic) bond motifs is 2. The van der Waals surface area contributed by atoms with Crippen molar-refractivity contribution in [2.45, 2.75) is 43.3 Å². The van der Waals surface area contributed by atoms with Crippen molar-refractivity contribution in [1.82, 2.24) is 4.90 Å². The number of anilines is 1. The lowest BCUT2D eigenvalue weighted by Gasteiger charge is -2.43. The predicted octanol–water partition coefficient (Wildman–Crippen LogP) is 2.94. The number of hydrogen-bond acceptors (Lipinski definition) is 3. The third kappa shape index (κ3) is 2.23. The van der Waals surface area contributed by atoms with E-state index in [1.807, 2.05) is 24.3 Å². The van der Waals surface area contributed by atoms with Gasteiger partial charge in [-0.05, 0) is 60.8 Å². The molecule has 2 atom stereocenters. The minimum absolute atomic E-state index is 0.375. The average Bonchev–Trinajstić information content (AvgIpc) is 2.64. The van der Waals surface area contributed by atoms with Gasteiger partial charge < -0.3 is 15.3 Å². The van der Waals surface area contributed by atoms with E-state index in [4.69, 9.17) is 0 Å². The molecule has 4 nitrogen and oxygen atoms in total. The van der Waals surface area contributed by atoms with E-state index in [1.54, 1.807) is 0 Å². The molecule has 0 aliphatic carbocycles. The number of halogens is 1. The van der Waals surface area contributed by atoms with Crippen LogP contribution in [0.1, 0.15) is 25.7 Å². The van der Waals surface area contributed by atoms with Gasteiger partial charge >= 0.3 is 5.97 Å². The fraction of sp³-hybridized carbons (Fsp3) is 0.533. The monoisotopic (exact) mass is 338 g/mol. The number of nitrogens with one attached hydrogen (secondary N) is 1. The van der Waals surface area contributed by atoms with Gasteiger partial charge in [0.2, 0.25) is 0 Å². The minimum atomic E-state index is -0.845. The van der Waals surface area contributed by atoms with E-state index < -0.39 is 11.5 Å². The number of hydrogen-bond donors (Lipinski definition) is 2. The number of carboxylic acids is 1. The largest absolute Gasteiger partial charge is 0.480 e. The topological polar surface area (TPSA) is 52.6 Å². The second-order valence-electron chi connectivity index (χ2n) is 5.95. The van der Waals surface area contributed by atoms with Gasteiger partial charge in [-0.25, -0.2) is 4.79 Å². The van der Waals surface area contributed by atoms with Gasteiger partial charge in [0.15, 0.2) is 0 Å². The van der Waals surface area contributed by atoms with Crippen LogP contribution in [0.25, 0.3) is 0 Å². The molecule has 0 amide bonds. The highest BCUT2D eigenvalue weighted by molar-refractivity contribution is 9.10. The minimum Gasteiger partial charge on any atom is -0.480 e. The number of rotatable bonds is 3. The van der Waals surface area contributed by atoms with Gasteiger partial charge in [0.25, 0.3) is 0 Å². The Labute approximate surface area is 127 Å². The van der Waals surface area contributed by atoms with Crippen LogP contribution in [-0.4, -0.2) is 40.6 Å². The molecule has 1 aromatic rings. The summed E-state index contributed by atoms with van der Waals surface area (Å²) in [7, 11) is 2.12. The summed E-state index contributed by atoms with van der Waals surface area (Å²) in [6.07, 6.45) is 3.54. The molecule has 0 aromatic heterocycles. The summed E-state index contributed by atoms with van der Waals surface area (Å²) in [4.78, 5) is 14.3. The van der Waals surface area contributed by atoms with E-state index in [1.165, 1.54) is 0 Å². The fourth-order valence-corrected chi connectivity index (χ4v) is 4.00. The summed E-state index contributed by atoms with van der Waals surface area (Å²) in [5.74, 6) is -0.738. The van der Waals surface area contributed by atoms with Gasteiger partial charge in [0.05, 0.1) is 0 Å². The molecular formula is C15H19BrN2O2. The summed E-state index contributed by atoms with van der Waals surface area (Å²) in [6, 6.07) is 8.46. The lowest BCUT2D eigenvalue weighted by molar-refractivity contribution is -0.145. The fourth-order valence-electron chi connectivity index (χ4n) is 3.62. The van der Waals surface area contributed by atoms with Crippen molar-refractivity contribution in [1.29, 1.82) is 0 Å². The molecule has 2 N–H and O–H groups in total. The third-order valence-electron chi connectivity index (χ3n) is 4.81. The molecule has 2 heterocycles. The SMILES string of the molecule is CN1C2CCC1CC(Nc1ccccc1Br)(C(=O)O)C2. The van der Waals surface area contributed by atoms with E-state index in [2.05, 4.69) is 33.2 Å². The molecular weight excluding hydrogens is 320 g/mol. The number of aliphatic carboxylic acids is 1. The van der Waals surface area contributed by atoms with Crippen LogP contribution in [0.15, 0.2) is 28.7 Å². The molecule has 2 aliphatic rings. The van der Waals surface area contributed by atoms with Crippen molar-refractivity contribution in [2.75, 3.05) is 12.4 Å². The van der Waals surface area contributed by atoms with Gasteiger partial charge in [0.1, 0.15) is 5.54 Å². The lowest BCUT2D eigenvalue weighted by atomic mass is 9.82. The number of nitrogens with zero attached hydrogens (tertiary/aromatic N) is 1. The molecule has 108 valence electrons. The first-order valence-corrected chi connectivity index (χ1v) is 7.79. The number of carbonyl (C=O) groups is 1. The van der Waals surface area contributed by atoms with Crippen LogP contribution in [-0.2, 0) is 4.79 Å².